The van der Waals surface area contributed by atoms with Crippen molar-refractivity contribution in [2.75, 3.05) is 10.6 Å². The molecule has 2 N–H and O–H groups in total. The number of carbonyl (C=O) groups is 2. The first-order chi connectivity index (χ1) is 8.58. The van der Waals surface area contributed by atoms with E-state index in [-0.39, 0.29) is 11.8 Å². The van der Waals surface area contributed by atoms with Crippen molar-refractivity contribution in [3.05, 3.63) is 24.3 Å². The van der Waals surface area contributed by atoms with E-state index in [0.29, 0.717) is 11.4 Å². The van der Waals surface area contributed by atoms with Gasteiger partial charge in [-0.25, -0.2) is 0 Å². The van der Waals surface area contributed by atoms with Gasteiger partial charge in [0, 0.05) is 25.2 Å². The van der Waals surface area contributed by atoms with Gasteiger partial charge in [-0.3, -0.25) is 9.59 Å². The molecule has 0 atom stereocenters. The van der Waals surface area contributed by atoms with E-state index in [1.165, 1.54) is 13.8 Å². The van der Waals surface area contributed by atoms with Gasteiger partial charge < -0.3 is 10.6 Å². The Bertz CT molecular complexity index is 310. The Morgan fingerprint density at radius 2 is 0.944 bits per heavy atom. The molecule has 18 heavy (non-hydrogen) atoms. The highest BCUT2D eigenvalue weighted by Crippen LogP contribution is 2.13. The van der Waals surface area contributed by atoms with Crippen LogP contribution in [-0.2, 0) is 9.59 Å². The molecule has 0 bridgehead atoms. The Balaban J connectivity index is 0. The van der Waals surface area contributed by atoms with Gasteiger partial charge in [-0.05, 0) is 24.3 Å². The van der Waals surface area contributed by atoms with Crippen LogP contribution in [0.3, 0.4) is 0 Å². The van der Waals surface area contributed by atoms with Crippen molar-refractivity contribution in [3.63, 3.8) is 0 Å². The first kappa shape index (κ1) is 18.5. The summed E-state index contributed by atoms with van der Waals surface area (Å²) in [5, 5.41) is 5.27. The molecule has 0 aliphatic carbocycles. The van der Waals surface area contributed by atoms with Gasteiger partial charge >= 0.3 is 0 Å². The largest absolute Gasteiger partial charge is 0.326 e. The number of anilines is 2. The van der Waals surface area contributed by atoms with Crippen LogP contribution in [0.25, 0.3) is 0 Å². The van der Waals surface area contributed by atoms with Crippen LogP contribution >= 0.6 is 0 Å². The predicted octanol–water partition coefficient (Wildman–Crippen LogP) is 3.66. The van der Waals surface area contributed by atoms with Crippen LogP contribution in [0.2, 0.25) is 0 Å². The van der Waals surface area contributed by atoms with E-state index in [0.717, 1.165) is 0 Å². The molecule has 0 radical (unpaired) electrons. The van der Waals surface area contributed by atoms with E-state index in [2.05, 4.69) is 10.6 Å². The summed E-state index contributed by atoms with van der Waals surface area (Å²) in [6.07, 6.45) is 0. The summed E-state index contributed by atoms with van der Waals surface area (Å²) >= 11 is 0. The summed E-state index contributed by atoms with van der Waals surface area (Å²) in [5.74, 6) is -0.227. The van der Waals surface area contributed by atoms with E-state index < -0.39 is 0 Å². The fraction of sp³-hybridized carbons (Fsp3) is 0.429. The SMILES string of the molecule is CC.CC.CC(=O)Nc1ccc(NC(C)=O)cc1. The number of benzene rings is 1. The molecule has 0 spiro atoms. The fourth-order valence-corrected chi connectivity index (χ4v) is 1.04. The van der Waals surface area contributed by atoms with Crippen molar-refractivity contribution in [2.24, 2.45) is 0 Å². The third kappa shape index (κ3) is 9.39. The molecular weight excluding hydrogens is 228 g/mol. The van der Waals surface area contributed by atoms with E-state index in [4.69, 9.17) is 0 Å². The van der Waals surface area contributed by atoms with E-state index in [1.54, 1.807) is 24.3 Å². The van der Waals surface area contributed by atoms with Crippen LogP contribution in [0.1, 0.15) is 41.5 Å². The molecule has 2 amide bonds. The van der Waals surface area contributed by atoms with Gasteiger partial charge in [0.2, 0.25) is 11.8 Å². The molecule has 4 heteroatoms. The van der Waals surface area contributed by atoms with E-state index in [9.17, 15) is 9.59 Å². The number of amides is 2. The first-order valence-electron chi connectivity index (χ1n) is 6.23. The Hall–Kier alpha value is -1.84. The average molecular weight is 252 g/mol. The van der Waals surface area contributed by atoms with Crippen molar-refractivity contribution in [3.8, 4) is 0 Å². The minimum Gasteiger partial charge on any atom is -0.326 e. The van der Waals surface area contributed by atoms with Crippen LogP contribution < -0.4 is 10.6 Å². The molecule has 0 saturated carbocycles. The number of hydrogen-bond donors (Lipinski definition) is 2. The Kier molecular flexibility index (Phi) is 12.0. The molecule has 0 aliphatic heterocycles. The lowest BCUT2D eigenvalue weighted by Crippen LogP contribution is -2.07. The van der Waals surface area contributed by atoms with Gasteiger partial charge in [0.15, 0.2) is 0 Å². The van der Waals surface area contributed by atoms with E-state index in [1.807, 2.05) is 27.7 Å². The number of carbonyl (C=O) groups excluding carboxylic acids is 2. The highest BCUT2D eigenvalue weighted by atomic mass is 16.2. The van der Waals surface area contributed by atoms with Gasteiger partial charge in [-0.2, -0.15) is 0 Å². The molecule has 0 unspecified atom stereocenters. The quantitative estimate of drug-likeness (QED) is 0.844. The zero-order valence-corrected chi connectivity index (χ0v) is 12.1. The zero-order chi connectivity index (χ0) is 14.6. The number of nitrogens with one attached hydrogen (secondary N) is 2. The lowest BCUT2D eigenvalue weighted by atomic mass is 10.3. The maximum absolute atomic E-state index is 10.7. The van der Waals surface area contributed by atoms with Gasteiger partial charge in [-0.15, -0.1) is 0 Å². The zero-order valence-electron chi connectivity index (χ0n) is 12.1. The molecule has 0 aromatic heterocycles. The molecule has 0 fully saturated rings. The third-order valence-corrected chi connectivity index (χ3v) is 1.53. The second kappa shape index (κ2) is 11.6. The molecule has 1 aromatic carbocycles. The Labute approximate surface area is 110 Å². The fourth-order valence-electron chi connectivity index (χ4n) is 1.04. The topological polar surface area (TPSA) is 58.2 Å². The van der Waals surface area contributed by atoms with Crippen LogP contribution in [0, 0.1) is 0 Å². The predicted molar refractivity (Wildman–Crippen MR) is 77.7 cm³/mol. The number of rotatable bonds is 2. The summed E-state index contributed by atoms with van der Waals surface area (Å²) in [7, 11) is 0. The second-order valence-corrected chi connectivity index (χ2v) is 2.94. The van der Waals surface area contributed by atoms with Crippen molar-refractivity contribution < 1.29 is 9.59 Å². The molecule has 0 heterocycles. The lowest BCUT2D eigenvalue weighted by Gasteiger charge is -2.04. The third-order valence-electron chi connectivity index (χ3n) is 1.53. The smallest absolute Gasteiger partial charge is 0.221 e. The standard InChI is InChI=1S/C10H12N2O2.2C2H6/c1-7(13)11-9-3-5-10(6-4-9)12-8(2)14;2*1-2/h3-6H,1-2H3,(H,11,13)(H,12,14);2*1-2H3. The lowest BCUT2D eigenvalue weighted by molar-refractivity contribution is -0.115. The average Bonchev–Trinajstić information content (AvgIpc) is 2.35. The monoisotopic (exact) mass is 252 g/mol. The minimum absolute atomic E-state index is 0.114. The molecule has 0 saturated heterocycles. The molecule has 0 aliphatic rings. The minimum atomic E-state index is -0.114. The highest BCUT2D eigenvalue weighted by molar-refractivity contribution is 5.90. The van der Waals surface area contributed by atoms with Crippen molar-refractivity contribution in [1.82, 2.24) is 0 Å². The Morgan fingerprint density at radius 1 is 0.722 bits per heavy atom. The maximum Gasteiger partial charge on any atom is 0.221 e. The van der Waals surface area contributed by atoms with Crippen LogP contribution in [0.5, 0.6) is 0 Å². The van der Waals surface area contributed by atoms with Gasteiger partial charge in [-0.1, -0.05) is 27.7 Å². The summed E-state index contributed by atoms with van der Waals surface area (Å²) in [6.45, 7) is 10.9. The summed E-state index contributed by atoms with van der Waals surface area (Å²) in [4.78, 5) is 21.4. The summed E-state index contributed by atoms with van der Waals surface area (Å²) in [5.41, 5.74) is 1.43. The van der Waals surface area contributed by atoms with Gasteiger partial charge in [0.05, 0.1) is 0 Å². The molecular formula is C14H24N2O2. The van der Waals surface area contributed by atoms with Crippen molar-refractivity contribution >= 4 is 23.2 Å². The highest BCUT2D eigenvalue weighted by Gasteiger charge is 1.97. The van der Waals surface area contributed by atoms with Gasteiger partial charge in [0.25, 0.3) is 0 Å². The number of hydrogen-bond acceptors (Lipinski definition) is 2. The van der Waals surface area contributed by atoms with Crippen LogP contribution in [0.15, 0.2) is 24.3 Å². The molecule has 1 rings (SSSR count). The Morgan fingerprint density at radius 3 is 1.11 bits per heavy atom. The molecule has 4 nitrogen and oxygen atoms in total. The van der Waals surface area contributed by atoms with Gasteiger partial charge in [0.1, 0.15) is 0 Å². The maximum atomic E-state index is 10.7. The summed E-state index contributed by atoms with van der Waals surface area (Å²) in [6, 6.07) is 6.92. The second-order valence-electron chi connectivity index (χ2n) is 2.94. The van der Waals surface area contributed by atoms with Crippen molar-refractivity contribution in [2.45, 2.75) is 41.5 Å². The molecule has 102 valence electrons. The molecule has 1 aromatic rings. The normalized spacial score (nSPS) is 7.89. The van der Waals surface area contributed by atoms with Crippen LogP contribution in [0.4, 0.5) is 11.4 Å². The van der Waals surface area contributed by atoms with Crippen LogP contribution in [-0.4, -0.2) is 11.8 Å². The summed E-state index contributed by atoms with van der Waals surface area (Å²) < 4.78 is 0. The first-order valence-corrected chi connectivity index (χ1v) is 6.23. The van der Waals surface area contributed by atoms with E-state index >= 15 is 0 Å². The van der Waals surface area contributed by atoms with Crippen molar-refractivity contribution in [1.29, 1.82) is 0 Å².